The summed E-state index contributed by atoms with van der Waals surface area (Å²) in [6.45, 7) is 0. The molecular formula is C6H6S4. The highest BCUT2D eigenvalue weighted by Crippen LogP contribution is 2.27. The Morgan fingerprint density at radius 2 is 0.800 bits per heavy atom. The van der Waals surface area contributed by atoms with Crippen LogP contribution in [0.1, 0.15) is 0 Å². The molecule has 0 spiro atoms. The summed E-state index contributed by atoms with van der Waals surface area (Å²) in [7, 11) is 0. The maximum absolute atomic E-state index is 4.16. The van der Waals surface area contributed by atoms with Gasteiger partial charge in [0, 0.05) is 19.6 Å². The summed E-state index contributed by atoms with van der Waals surface area (Å²) in [5, 5.41) is 0. The van der Waals surface area contributed by atoms with Crippen molar-refractivity contribution in [2.45, 2.75) is 19.6 Å². The van der Waals surface area contributed by atoms with Crippen LogP contribution in [0.25, 0.3) is 0 Å². The van der Waals surface area contributed by atoms with Crippen LogP contribution >= 0.6 is 50.5 Å². The third-order valence-corrected chi connectivity index (χ3v) is 2.90. The highest BCUT2D eigenvalue weighted by molar-refractivity contribution is 7.84. The summed E-state index contributed by atoms with van der Waals surface area (Å²) in [5.41, 5.74) is 0. The minimum absolute atomic E-state index is 0.825. The van der Waals surface area contributed by atoms with Crippen molar-refractivity contribution in [2.24, 2.45) is 0 Å². The molecule has 10 heavy (non-hydrogen) atoms. The molecule has 0 atom stereocenters. The number of thiol groups is 4. The fourth-order valence-electron chi connectivity index (χ4n) is 0.555. The molecule has 0 saturated carbocycles. The molecule has 0 radical (unpaired) electrons. The van der Waals surface area contributed by atoms with E-state index in [1.807, 2.05) is 12.1 Å². The molecule has 0 aliphatic heterocycles. The normalized spacial score (nSPS) is 10.0. The van der Waals surface area contributed by atoms with E-state index >= 15 is 0 Å². The third kappa shape index (κ3) is 1.81. The van der Waals surface area contributed by atoms with Crippen molar-refractivity contribution in [3.63, 3.8) is 0 Å². The summed E-state index contributed by atoms with van der Waals surface area (Å²) in [4.78, 5) is 3.30. The first kappa shape index (κ1) is 8.71. The molecule has 0 bridgehead atoms. The first-order valence-electron chi connectivity index (χ1n) is 2.55. The molecule has 0 aliphatic carbocycles. The Labute approximate surface area is 82.1 Å². The Morgan fingerprint density at radius 1 is 0.600 bits per heavy atom. The molecule has 54 valence electrons. The maximum Gasteiger partial charge on any atom is 0.0186 e. The zero-order valence-electron chi connectivity index (χ0n) is 4.94. The standard InChI is InChI=1S/C6H6S4/c7-3-1-4(8)6(10)2-5(3)9/h1-2,7-10H. The molecule has 0 aromatic heterocycles. The zero-order chi connectivity index (χ0) is 7.72. The lowest BCUT2D eigenvalue weighted by Gasteiger charge is -2.01. The molecule has 1 aromatic carbocycles. The zero-order valence-corrected chi connectivity index (χ0v) is 8.52. The lowest BCUT2D eigenvalue weighted by atomic mass is 10.3. The van der Waals surface area contributed by atoms with Crippen LogP contribution in [0.5, 0.6) is 0 Å². The van der Waals surface area contributed by atoms with E-state index in [2.05, 4.69) is 50.5 Å². The molecule has 0 nitrogen and oxygen atoms in total. The Hall–Kier alpha value is 0.620. The lowest BCUT2D eigenvalue weighted by Crippen LogP contribution is -1.74. The first-order chi connectivity index (χ1) is 4.61. The van der Waals surface area contributed by atoms with E-state index in [4.69, 9.17) is 0 Å². The monoisotopic (exact) mass is 206 g/mol. The van der Waals surface area contributed by atoms with E-state index in [9.17, 15) is 0 Å². The maximum atomic E-state index is 4.16. The average molecular weight is 206 g/mol. The van der Waals surface area contributed by atoms with Crippen LogP contribution in [0, 0.1) is 0 Å². The van der Waals surface area contributed by atoms with Gasteiger partial charge >= 0.3 is 0 Å². The number of rotatable bonds is 0. The van der Waals surface area contributed by atoms with Gasteiger partial charge in [0.05, 0.1) is 0 Å². The Morgan fingerprint density at radius 3 is 1.00 bits per heavy atom. The first-order valence-corrected chi connectivity index (χ1v) is 4.34. The van der Waals surface area contributed by atoms with Gasteiger partial charge in [-0.2, -0.15) is 0 Å². The van der Waals surface area contributed by atoms with Crippen molar-refractivity contribution in [1.82, 2.24) is 0 Å². The fourth-order valence-corrected chi connectivity index (χ4v) is 1.53. The van der Waals surface area contributed by atoms with Crippen LogP contribution in [0.3, 0.4) is 0 Å². The van der Waals surface area contributed by atoms with Crippen molar-refractivity contribution in [2.75, 3.05) is 0 Å². The van der Waals surface area contributed by atoms with Crippen LogP contribution in [-0.2, 0) is 0 Å². The van der Waals surface area contributed by atoms with Gasteiger partial charge in [0.2, 0.25) is 0 Å². The average Bonchev–Trinajstić information content (AvgIpc) is 1.84. The van der Waals surface area contributed by atoms with Gasteiger partial charge in [-0.1, -0.05) is 0 Å². The van der Waals surface area contributed by atoms with E-state index in [1.165, 1.54) is 0 Å². The number of hydrogen-bond donors (Lipinski definition) is 4. The second-order valence-electron chi connectivity index (χ2n) is 1.83. The van der Waals surface area contributed by atoms with Crippen LogP contribution in [0.2, 0.25) is 0 Å². The molecule has 0 fully saturated rings. The van der Waals surface area contributed by atoms with Crippen LogP contribution < -0.4 is 0 Å². The molecule has 0 saturated heterocycles. The quantitative estimate of drug-likeness (QED) is 0.461. The highest BCUT2D eigenvalue weighted by Gasteiger charge is 1.98. The molecule has 1 aromatic rings. The number of benzene rings is 1. The van der Waals surface area contributed by atoms with E-state index in [-0.39, 0.29) is 0 Å². The van der Waals surface area contributed by atoms with Gasteiger partial charge in [-0.05, 0) is 12.1 Å². The lowest BCUT2D eigenvalue weighted by molar-refractivity contribution is 1.11. The summed E-state index contributed by atoms with van der Waals surface area (Å²) < 4.78 is 0. The second-order valence-corrected chi connectivity index (χ2v) is 3.76. The Balaban J connectivity index is 3.28. The molecule has 0 heterocycles. The van der Waals surface area contributed by atoms with E-state index < -0.39 is 0 Å². The van der Waals surface area contributed by atoms with Crippen molar-refractivity contribution >= 4 is 50.5 Å². The topological polar surface area (TPSA) is 0 Å². The fraction of sp³-hybridized carbons (Fsp3) is 0. The summed E-state index contributed by atoms with van der Waals surface area (Å²) in [5.74, 6) is 0. The number of hydrogen-bond acceptors (Lipinski definition) is 4. The van der Waals surface area contributed by atoms with Crippen molar-refractivity contribution in [1.29, 1.82) is 0 Å². The van der Waals surface area contributed by atoms with Gasteiger partial charge in [-0.3, -0.25) is 0 Å². The van der Waals surface area contributed by atoms with E-state index in [0.717, 1.165) is 19.6 Å². The summed E-state index contributed by atoms with van der Waals surface area (Å²) >= 11 is 16.6. The van der Waals surface area contributed by atoms with Crippen LogP contribution in [-0.4, -0.2) is 0 Å². The van der Waals surface area contributed by atoms with Gasteiger partial charge in [0.1, 0.15) is 0 Å². The minimum atomic E-state index is 0.825. The minimum Gasteiger partial charge on any atom is -0.142 e. The van der Waals surface area contributed by atoms with Crippen molar-refractivity contribution in [3.8, 4) is 0 Å². The van der Waals surface area contributed by atoms with Gasteiger partial charge < -0.3 is 0 Å². The molecular weight excluding hydrogens is 200 g/mol. The summed E-state index contributed by atoms with van der Waals surface area (Å²) in [6, 6.07) is 3.63. The Bertz CT molecular complexity index is 206. The largest absolute Gasteiger partial charge is 0.142 e. The van der Waals surface area contributed by atoms with Crippen molar-refractivity contribution < 1.29 is 0 Å². The summed E-state index contributed by atoms with van der Waals surface area (Å²) in [6.07, 6.45) is 0. The van der Waals surface area contributed by atoms with E-state index in [0.29, 0.717) is 0 Å². The SMILES string of the molecule is Sc1cc(S)c(S)cc1S. The van der Waals surface area contributed by atoms with Crippen LogP contribution in [0.15, 0.2) is 31.7 Å². The molecule has 0 amide bonds. The Kier molecular flexibility index (Phi) is 2.91. The van der Waals surface area contributed by atoms with Gasteiger partial charge in [0.25, 0.3) is 0 Å². The van der Waals surface area contributed by atoms with Crippen LogP contribution in [0.4, 0.5) is 0 Å². The predicted octanol–water partition coefficient (Wildman–Crippen LogP) is 2.84. The molecule has 0 N–H and O–H groups in total. The predicted molar refractivity (Wildman–Crippen MR) is 55.5 cm³/mol. The molecule has 1 rings (SSSR count). The van der Waals surface area contributed by atoms with Gasteiger partial charge in [0.15, 0.2) is 0 Å². The van der Waals surface area contributed by atoms with Gasteiger partial charge in [-0.25, -0.2) is 0 Å². The van der Waals surface area contributed by atoms with E-state index in [1.54, 1.807) is 0 Å². The van der Waals surface area contributed by atoms with Crippen molar-refractivity contribution in [3.05, 3.63) is 12.1 Å². The van der Waals surface area contributed by atoms with Gasteiger partial charge in [-0.15, -0.1) is 50.5 Å². The second kappa shape index (κ2) is 3.34. The molecule has 4 heteroatoms. The smallest absolute Gasteiger partial charge is 0.0186 e. The highest BCUT2D eigenvalue weighted by atomic mass is 32.1. The molecule has 0 aliphatic rings. The third-order valence-electron chi connectivity index (χ3n) is 1.07. The molecule has 0 unspecified atom stereocenters.